The molecule has 20 heavy (non-hydrogen) atoms. The molecule has 1 aliphatic heterocycles. The molecular formula is C17H11NO2. The number of nitrogens with one attached hydrogen (secondary N) is 1. The van der Waals surface area contributed by atoms with Crippen LogP contribution in [0.3, 0.4) is 0 Å². The van der Waals surface area contributed by atoms with Gasteiger partial charge in [0.25, 0.3) is 0 Å². The van der Waals surface area contributed by atoms with Crippen LogP contribution in [0, 0.1) is 11.8 Å². The quantitative estimate of drug-likeness (QED) is 0.736. The molecule has 2 amide bonds. The summed E-state index contributed by atoms with van der Waals surface area (Å²) in [4.78, 5) is 24.1. The first-order valence-corrected chi connectivity index (χ1v) is 6.80. The van der Waals surface area contributed by atoms with Crippen LogP contribution in [0.4, 0.5) is 0 Å². The Balaban J connectivity index is 1.88. The summed E-state index contributed by atoms with van der Waals surface area (Å²) >= 11 is 0. The van der Waals surface area contributed by atoms with Gasteiger partial charge in [-0.1, -0.05) is 48.5 Å². The molecule has 3 nitrogen and oxygen atoms in total. The molecular weight excluding hydrogens is 250 g/mol. The second-order valence-electron chi connectivity index (χ2n) is 5.77. The van der Waals surface area contributed by atoms with Gasteiger partial charge in [-0.2, -0.15) is 0 Å². The molecule has 1 saturated heterocycles. The molecule has 0 radical (unpaired) electrons. The average Bonchev–Trinajstić information content (AvgIpc) is 2.98. The zero-order valence-corrected chi connectivity index (χ0v) is 10.6. The van der Waals surface area contributed by atoms with Crippen LogP contribution in [0.5, 0.6) is 0 Å². The number of carbonyl (C=O) groups is 2. The fraction of sp³-hybridized carbons (Fsp3) is 0.176. The Morgan fingerprint density at radius 2 is 1.20 bits per heavy atom. The highest BCUT2D eigenvalue weighted by Gasteiger charge is 2.78. The number of benzene rings is 2. The minimum atomic E-state index is -0.396. The number of hydrogen-bond donors (Lipinski definition) is 1. The first-order valence-electron chi connectivity index (χ1n) is 6.80. The van der Waals surface area contributed by atoms with Crippen molar-refractivity contribution in [3.05, 3.63) is 59.7 Å². The predicted molar refractivity (Wildman–Crippen MR) is 72.8 cm³/mol. The van der Waals surface area contributed by atoms with Gasteiger partial charge in [0.15, 0.2) is 0 Å². The Morgan fingerprint density at radius 1 is 0.750 bits per heavy atom. The van der Waals surface area contributed by atoms with Crippen molar-refractivity contribution in [2.24, 2.45) is 11.8 Å². The fourth-order valence-electron chi connectivity index (χ4n) is 4.35. The van der Waals surface area contributed by atoms with Crippen molar-refractivity contribution in [2.45, 2.75) is 5.41 Å². The lowest BCUT2D eigenvalue weighted by atomic mass is 9.88. The first-order chi connectivity index (χ1) is 9.76. The highest BCUT2D eigenvalue weighted by molar-refractivity contribution is 6.14. The highest BCUT2D eigenvalue weighted by atomic mass is 16.2. The van der Waals surface area contributed by atoms with Crippen LogP contribution in [0.2, 0.25) is 0 Å². The first kappa shape index (κ1) is 10.4. The Kier molecular flexibility index (Phi) is 1.56. The molecule has 2 aromatic rings. The van der Waals surface area contributed by atoms with E-state index >= 15 is 0 Å². The molecule has 5 rings (SSSR count). The van der Waals surface area contributed by atoms with Gasteiger partial charge in [0.1, 0.15) is 0 Å². The van der Waals surface area contributed by atoms with Gasteiger partial charge in [-0.25, -0.2) is 0 Å². The third-order valence-corrected chi connectivity index (χ3v) is 5.05. The van der Waals surface area contributed by atoms with Gasteiger partial charge in [-0.05, 0) is 22.3 Å². The number of hydrogen-bond acceptors (Lipinski definition) is 2. The normalized spacial score (nSPS) is 27.0. The van der Waals surface area contributed by atoms with E-state index in [0.29, 0.717) is 0 Å². The van der Waals surface area contributed by atoms with Crippen molar-refractivity contribution < 1.29 is 9.59 Å². The van der Waals surface area contributed by atoms with Crippen molar-refractivity contribution >= 4 is 11.8 Å². The van der Waals surface area contributed by atoms with E-state index < -0.39 is 5.41 Å². The minimum Gasteiger partial charge on any atom is -0.296 e. The molecule has 3 aliphatic rings. The smallest absolute Gasteiger partial charge is 0.231 e. The van der Waals surface area contributed by atoms with Gasteiger partial charge >= 0.3 is 0 Å². The number of piperidine rings is 1. The molecule has 2 unspecified atom stereocenters. The molecule has 3 heteroatoms. The number of imide groups is 1. The van der Waals surface area contributed by atoms with E-state index in [1.165, 1.54) is 0 Å². The Labute approximate surface area is 115 Å². The predicted octanol–water partition coefficient (Wildman–Crippen LogP) is 1.86. The second kappa shape index (κ2) is 3.01. The molecule has 0 aromatic heterocycles. The topological polar surface area (TPSA) is 46.2 Å². The summed E-state index contributed by atoms with van der Waals surface area (Å²) in [5.41, 5.74) is 4.21. The third-order valence-electron chi connectivity index (χ3n) is 5.05. The maximum absolute atomic E-state index is 12.1. The SMILES string of the molecule is O=C1NC(=O)C2C1C21c2ccccc2-c2ccccc21. The summed E-state index contributed by atoms with van der Waals surface area (Å²) < 4.78 is 0. The lowest BCUT2D eigenvalue weighted by Gasteiger charge is -2.17. The maximum atomic E-state index is 12.1. The van der Waals surface area contributed by atoms with E-state index in [9.17, 15) is 9.59 Å². The van der Waals surface area contributed by atoms with E-state index in [2.05, 4.69) is 29.6 Å². The number of rotatable bonds is 0. The molecule has 1 heterocycles. The molecule has 96 valence electrons. The van der Waals surface area contributed by atoms with Gasteiger partial charge in [0, 0.05) is 5.41 Å². The molecule has 2 atom stereocenters. The van der Waals surface area contributed by atoms with Gasteiger partial charge in [0.05, 0.1) is 11.8 Å². The Morgan fingerprint density at radius 3 is 1.70 bits per heavy atom. The van der Waals surface area contributed by atoms with Crippen molar-refractivity contribution in [3.63, 3.8) is 0 Å². The summed E-state index contributed by atoms with van der Waals surface area (Å²) in [6, 6.07) is 16.3. The van der Waals surface area contributed by atoms with E-state index in [1.807, 2.05) is 24.3 Å². The summed E-state index contributed by atoms with van der Waals surface area (Å²) in [6.07, 6.45) is 0. The summed E-state index contributed by atoms with van der Waals surface area (Å²) in [7, 11) is 0. The molecule has 2 aromatic carbocycles. The third kappa shape index (κ3) is 0.873. The zero-order valence-electron chi connectivity index (χ0n) is 10.6. The molecule has 2 fully saturated rings. The number of amides is 2. The van der Waals surface area contributed by atoms with Gasteiger partial charge < -0.3 is 0 Å². The van der Waals surface area contributed by atoms with E-state index in [-0.39, 0.29) is 23.7 Å². The number of carbonyl (C=O) groups excluding carboxylic acids is 2. The monoisotopic (exact) mass is 261 g/mol. The molecule has 1 N–H and O–H groups in total. The Hall–Kier alpha value is -2.42. The summed E-state index contributed by atoms with van der Waals surface area (Å²) in [5.74, 6) is -0.683. The van der Waals surface area contributed by atoms with Crippen molar-refractivity contribution in [1.82, 2.24) is 5.32 Å². The second-order valence-corrected chi connectivity index (χ2v) is 5.77. The minimum absolute atomic E-state index is 0.119. The van der Waals surface area contributed by atoms with Crippen LogP contribution in [0.15, 0.2) is 48.5 Å². The van der Waals surface area contributed by atoms with E-state index in [4.69, 9.17) is 0 Å². The molecule has 2 aliphatic carbocycles. The van der Waals surface area contributed by atoms with Crippen molar-refractivity contribution in [1.29, 1.82) is 0 Å². The largest absolute Gasteiger partial charge is 0.296 e. The van der Waals surface area contributed by atoms with E-state index in [0.717, 1.165) is 22.3 Å². The lowest BCUT2D eigenvalue weighted by molar-refractivity contribution is -0.128. The van der Waals surface area contributed by atoms with Crippen LogP contribution in [-0.2, 0) is 15.0 Å². The highest BCUT2D eigenvalue weighted by Crippen LogP contribution is 2.71. The molecule has 1 saturated carbocycles. The molecule has 1 spiro atoms. The fourth-order valence-corrected chi connectivity index (χ4v) is 4.35. The molecule has 0 bridgehead atoms. The number of fused-ring (bicyclic) bond motifs is 8. The van der Waals surface area contributed by atoms with Crippen LogP contribution < -0.4 is 5.32 Å². The van der Waals surface area contributed by atoms with Crippen LogP contribution in [0.25, 0.3) is 11.1 Å². The van der Waals surface area contributed by atoms with Crippen LogP contribution >= 0.6 is 0 Å². The summed E-state index contributed by atoms with van der Waals surface area (Å²) in [6.45, 7) is 0. The standard InChI is InChI=1S/C17H11NO2/c19-15-13-14(16(20)18-15)17(13)11-7-3-1-5-9(11)10-6-2-4-8-12(10)17/h1-8,13-14H,(H,18,19,20). The van der Waals surface area contributed by atoms with Crippen molar-refractivity contribution in [3.8, 4) is 11.1 Å². The average molecular weight is 261 g/mol. The summed E-state index contributed by atoms with van der Waals surface area (Å²) in [5, 5.41) is 2.45. The van der Waals surface area contributed by atoms with Crippen LogP contribution in [0.1, 0.15) is 11.1 Å². The maximum Gasteiger partial charge on any atom is 0.231 e. The Bertz CT molecular complexity index is 741. The van der Waals surface area contributed by atoms with Crippen LogP contribution in [-0.4, -0.2) is 11.8 Å². The zero-order chi connectivity index (χ0) is 13.5. The van der Waals surface area contributed by atoms with Gasteiger partial charge in [-0.15, -0.1) is 0 Å². The van der Waals surface area contributed by atoms with Gasteiger partial charge in [0.2, 0.25) is 11.8 Å². The van der Waals surface area contributed by atoms with Gasteiger partial charge in [-0.3, -0.25) is 14.9 Å². The lowest BCUT2D eigenvalue weighted by Crippen LogP contribution is -2.33. The van der Waals surface area contributed by atoms with Crippen molar-refractivity contribution in [2.75, 3.05) is 0 Å². The van der Waals surface area contributed by atoms with E-state index in [1.54, 1.807) is 0 Å².